The summed E-state index contributed by atoms with van der Waals surface area (Å²) in [4.78, 5) is 1.61. The molecule has 0 spiro atoms. The molecule has 0 unspecified atom stereocenters. The summed E-state index contributed by atoms with van der Waals surface area (Å²) < 4.78 is 10.3. The zero-order valence-corrected chi connectivity index (χ0v) is 7.36. The van der Waals surface area contributed by atoms with Crippen LogP contribution >= 0.6 is 25.3 Å². The first-order chi connectivity index (χ1) is 5.27. The van der Waals surface area contributed by atoms with Crippen LogP contribution in [0.15, 0.2) is 21.9 Å². The van der Waals surface area contributed by atoms with Gasteiger partial charge < -0.3 is 9.47 Å². The second-order valence-corrected chi connectivity index (χ2v) is 3.16. The molecule has 1 heterocycles. The fourth-order valence-corrected chi connectivity index (χ4v) is 1.28. The third-order valence-corrected chi connectivity index (χ3v) is 2.39. The summed E-state index contributed by atoms with van der Waals surface area (Å²) >= 11 is 8.37. The van der Waals surface area contributed by atoms with E-state index in [0.29, 0.717) is 6.79 Å². The number of rotatable bonds is 0. The van der Waals surface area contributed by atoms with Gasteiger partial charge in [0.2, 0.25) is 6.79 Å². The van der Waals surface area contributed by atoms with Crippen molar-refractivity contribution in [3.05, 3.63) is 12.1 Å². The van der Waals surface area contributed by atoms with Gasteiger partial charge in [-0.2, -0.15) is 0 Å². The summed E-state index contributed by atoms with van der Waals surface area (Å²) in [6.45, 7) is 0.291. The zero-order chi connectivity index (χ0) is 7.84. The fraction of sp³-hybridized carbons (Fsp3) is 0.143. The lowest BCUT2D eigenvalue weighted by atomic mass is 10.3. The van der Waals surface area contributed by atoms with Gasteiger partial charge in [0.05, 0.1) is 0 Å². The van der Waals surface area contributed by atoms with Crippen LogP contribution in [-0.4, -0.2) is 6.79 Å². The average Bonchev–Trinajstić information content (AvgIpc) is 2.36. The molecule has 0 saturated carbocycles. The molecule has 0 amide bonds. The molecule has 1 aromatic rings. The third kappa shape index (κ3) is 1.16. The lowest BCUT2D eigenvalue weighted by molar-refractivity contribution is 0.174. The molecule has 0 N–H and O–H groups in total. The smallest absolute Gasteiger partial charge is 0.231 e. The first kappa shape index (κ1) is 7.18. The van der Waals surface area contributed by atoms with Gasteiger partial charge in [0, 0.05) is 9.79 Å². The maximum atomic E-state index is 5.13. The van der Waals surface area contributed by atoms with Gasteiger partial charge in [-0.15, -0.1) is 25.3 Å². The molecule has 1 aliphatic heterocycles. The lowest BCUT2D eigenvalue weighted by Crippen LogP contribution is -1.92. The standard InChI is InChI=1S/C7H6O2S2/c10-6-1-4-5(2-7(6)11)9-3-8-4/h1-2,10-11H,3H2. The summed E-state index contributed by atoms with van der Waals surface area (Å²) in [6, 6.07) is 3.60. The number of hydrogen-bond donors (Lipinski definition) is 2. The van der Waals surface area contributed by atoms with Crippen molar-refractivity contribution < 1.29 is 9.47 Å². The van der Waals surface area contributed by atoms with Gasteiger partial charge in [-0.05, 0) is 12.1 Å². The molecular weight excluding hydrogens is 180 g/mol. The summed E-state index contributed by atoms with van der Waals surface area (Å²) in [6.07, 6.45) is 0. The molecule has 0 aromatic heterocycles. The monoisotopic (exact) mass is 186 g/mol. The number of benzene rings is 1. The summed E-state index contributed by atoms with van der Waals surface area (Å²) in [7, 11) is 0. The average molecular weight is 186 g/mol. The summed E-state index contributed by atoms with van der Waals surface area (Å²) in [5, 5.41) is 0. The van der Waals surface area contributed by atoms with Gasteiger partial charge in [0.15, 0.2) is 11.5 Å². The van der Waals surface area contributed by atoms with Gasteiger partial charge in [0.25, 0.3) is 0 Å². The van der Waals surface area contributed by atoms with Crippen molar-refractivity contribution in [2.45, 2.75) is 9.79 Å². The van der Waals surface area contributed by atoms with E-state index in [4.69, 9.17) is 9.47 Å². The predicted molar refractivity (Wildman–Crippen MR) is 47.1 cm³/mol. The normalized spacial score (nSPS) is 13.6. The van der Waals surface area contributed by atoms with Gasteiger partial charge in [-0.3, -0.25) is 0 Å². The van der Waals surface area contributed by atoms with Crippen LogP contribution in [0.4, 0.5) is 0 Å². The Morgan fingerprint density at radius 3 is 1.91 bits per heavy atom. The Kier molecular flexibility index (Phi) is 1.65. The molecule has 0 fully saturated rings. The van der Waals surface area contributed by atoms with E-state index < -0.39 is 0 Å². The number of ether oxygens (including phenoxy) is 2. The van der Waals surface area contributed by atoms with E-state index in [1.54, 1.807) is 12.1 Å². The molecule has 0 saturated heterocycles. The van der Waals surface area contributed by atoms with E-state index in [9.17, 15) is 0 Å². The zero-order valence-electron chi connectivity index (χ0n) is 5.57. The molecule has 0 radical (unpaired) electrons. The Bertz CT molecular complexity index is 270. The molecular formula is C7H6O2S2. The molecule has 0 aliphatic carbocycles. The molecule has 11 heavy (non-hydrogen) atoms. The molecule has 58 valence electrons. The van der Waals surface area contributed by atoms with Crippen molar-refractivity contribution in [3.8, 4) is 11.5 Å². The highest BCUT2D eigenvalue weighted by Gasteiger charge is 2.14. The largest absolute Gasteiger partial charge is 0.454 e. The van der Waals surface area contributed by atoms with Crippen LogP contribution in [0.3, 0.4) is 0 Å². The van der Waals surface area contributed by atoms with Crippen molar-refractivity contribution >= 4 is 25.3 Å². The first-order valence-electron chi connectivity index (χ1n) is 3.09. The lowest BCUT2D eigenvalue weighted by Gasteiger charge is -1.99. The quantitative estimate of drug-likeness (QED) is 0.604. The van der Waals surface area contributed by atoms with Gasteiger partial charge in [-0.1, -0.05) is 0 Å². The van der Waals surface area contributed by atoms with Gasteiger partial charge >= 0.3 is 0 Å². The highest BCUT2D eigenvalue weighted by molar-refractivity contribution is 7.83. The highest BCUT2D eigenvalue weighted by Crippen LogP contribution is 2.37. The molecule has 4 heteroatoms. The van der Waals surface area contributed by atoms with Crippen molar-refractivity contribution in [1.82, 2.24) is 0 Å². The van der Waals surface area contributed by atoms with Crippen LogP contribution < -0.4 is 9.47 Å². The van der Waals surface area contributed by atoms with Crippen molar-refractivity contribution in [1.29, 1.82) is 0 Å². The Labute approximate surface area is 75.3 Å². The number of hydrogen-bond acceptors (Lipinski definition) is 4. The second kappa shape index (κ2) is 2.53. The predicted octanol–water partition coefficient (Wildman–Crippen LogP) is 1.99. The SMILES string of the molecule is Sc1cc2c(cc1S)OCO2. The van der Waals surface area contributed by atoms with E-state index in [1.807, 2.05) is 0 Å². The van der Waals surface area contributed by atoms with Crippen molar-refractivity contribution in [2.24, 2.45) is 0 Å². The van der Waals surface area contributed by atoms with E-state index in [-0.39, 0.29) is 0 Å². The maximum absolute atomic E-state index is 5.13. The summed E-state index contributed by atoms with van der Waals surface area (Å²) in [5.41, 5.74) is 0. The topological polar surface area (TPSA) is 18.5 Å². The molecule has 2 rings (SSSR count). The van der Waals surface area contributed by atoms with Crippen LogP contribution in [-0.2, 0) is 0 Å². The van der Waals surface area contributed by atoms with Crippen LogP contribution in [0, 0.1) is 0 Å². The summed E-state index contributed by atoms with van der Waals surface area (Å²) in [5.74, 6) is 1.49. The molecule has 1 aromatic carbocycles. The van der Waals surface area contributed by atoms with Crippen molar-refractivity contribution in [3.63, 3.8) is 0 Å². The van der Waals surface area contributed by atoms with Crippen LogP contribution in [0.1, 0.15) is 0 Å². The number of fused-ring (bicyclic) bond motifs is 1. The minimum absolute atomic E-state index is 0.291. The maximum Gasteiger partial charge on any atom is 0.231 e. The van der Waals surface area contributed by atoms with Crippen LogP contribution in [0.25, 0.3) is 0 Å². The molecule has 1 aliphatic rings. The fourth-order valence-electron chi connectivity index (χ4n) is 0.921. The number of thiol groups is 2. The first-order valence-corrected chi connectivity index (χ1v) is 3.98. The molecule has 2 nitrogen and oxygen atoms in total. The second-order valence-electron chi connectivity index (χ2n) is 2.19. The van der Waals surface area contributed by atoms with E-state index in [2.05, 4.69) is 25.3 Å². The Balaban J connectivity index is 2.57. The Morgan fingerprint density at radius 2 is 1.45 bits per heavy atom. The van der Waals surface area contributed by atoms with E-state index in [0.717, 1.165) is 21.3 Å². The molecule has 0 bridgehead atoms. The van der Waals surface area contributed by atoms with Gasteiger partial charge in [0.1, 0.15) is 0 Å². The third-order valence-electron chi connectivity index (χ3n) is 1.47. The van der Waals surface area contributed by atoms with Gasteiger partial charge in [-0.25, -0.2) is 0 Å². The highest BCUT2D eigenvalue weighted by atomic mass is 32.1. The minimum atomic E-state index is 0.291. The van der Waals surface area contributed by atoms with Crippen molar-refractivity contribution in [2.75, 3.05) is 6.79 Å². The minimum Gasteiger partial charge on any atom is -0.454 e. The van der Waals surface area contributed by atoms with E-state index >= 15 is 0 Å². The Morgan fingerprint density at radius 1 is 1.00 bits per heavy atom. The van der Waals surface area contributed by atoms with Crippen LogP contribution in [0.2, 0.25) is 0 Å². The van der Waals surface area contributed by atoms with E-state index in [1.165, 1.54) is 0 Å². The van der Waals surface area contributed by atoms with Crippen LogP contribution in [0.5, 0.6) is 11.5 Å². The Hall–Kier alpha value is -0.480. The molecule has 0 atom stereocenters.